The predicted octanol–water partition coefficient (Wildman–Crippen LogP) is 1.18. The molecule has 3 nitrogen and oxygen atoms in total. The van der Waals surface area contributed by atoms with E-state index in [2.05, 4.69) is 11.4 Å². The number of hydrogen-bond acceptors (Lipinski definition) is 3. The first kappa shape index (κ1) is 9.95. The van der Waals surface area contributed by atoms with Gasteiger partial charge in [-0.05, 0) is 45.2 Å². The Morgan fingerprint density at radius 1 is 1.07 bits per heavy atom. The Labute approximate surface area is 85.1 Å². The highest BCUT2D eigenvalue weighted by atomic mass is 16.3. The van der Waals surface area contributed by atoms with E-state index in [9.17, 15) is 10.4 Å². The zero-order valence-electron chi connectivity index (χ0n) is 8.55. The summed E-state index contributed by atoms with van der Waals surface area (Å²) < 4.78 is 0. The van der Waals surface area contributed by atoms with Crippen LogP contribution in [0.2, 0.25) is 0 Å². The average molecular weight is 194 g/mol. The molecular formula is C11H18N2O. The molecule has 0 radical (unpaired) electrons. The Kier molecular flexibility index (Phi) is 2.50. The number of nitrogens with zero attached hydrogens (tertiary/aromatic N) is 1. The Morgan fingerprint density at radius 3 is 2.43 bits per heavy atom. The summed E-state index contributed by atoms with van der Waals surface area (Å²) in [6.45, 7) is 1.82. The summed E-state index contributed by atoms with van der Waals surface area (Å²) in [5, 5.41) is 23.1. The summed E-state index contributed by atoms with van der Waals surface area (Å²) in [4.78, 5) is 0. The van der Waals surface area contributed by atoms with E-state index < -0.39 is 11.0 Å². The van der Waals surface area contributed by atoms with Crippen molar-refractivity contribution < 1.29 is 5.11 Å². The monoisotopic (exact) mass is 194 g/mol. The fraction of sp³-hybridized carbons (Fsp3) is 0.909. The average Bonchev–Trinajstić information content (AvgIpc) is 2.30. The quantitative estimate of drug-likeness (QED) is 0.659. The predicted molar refractivity (Wildman–Crippen MR) is 53.6 cm³/mol. The molecule has 14 heavy (non-hydrogen) atoms. The van der Waals surface area contributed by atoms with Gasteiger partial charge in [-0.25, -0.2) is 0 Å². The molecule has 2 rings (SSSR count). The van der Waals surface area contributed by atoms with Gasteiger partial charge in [-0.1, -0.05) is 6.42 Å². The normalized spacial score (nSPS) is 36.6. The molecule has 0 aromatic carbocycles. The highest BCUT2D eigenvalue weighted by Gasteiger charge is 2.54. The first-order chi connectivity index (χ1) is 6.72. The second kappa shape index (κ2) is 3.52. The highest BCUT2D eigenvalue weighted by molar-refractivity contribution is 5.16. The van der Waals surface area contributed by atoms with E-state index in [1.807, 2.05) is 0 Å². The summed E-state index contributed by atoms with van der Waals surface area (Å²) in [7, 11) is 0. The molecule has 3 heteroatoms. The molecule has 1 saturated carbocycles. The van der Waals surface area contributed by atoms with E-state index in [0.717, 1.165) is 51.6 Å². The maximum Gasteiger partial charge on any atom is 0.0860 e. The number of nitriles is 1. The fourth-order valence-corrected chi connectivity index (χ4v) is 2.74. The van der Waals surface area contributed by atoms with Crippen molar-refractivity contribution in [3.63, 3.8) is 0 Å². The third-order valence-corrected chi connectivity index (χ3v) is 3.97. The minimum absolute atomic E-state index is 0.418. The van der Waals surface area contributed by atoms with Crippen LogP contribution in [0.15, 0.2) is 0 Å². The van der Waals surface area contributed by atoms with Gasteiger partial charge in [0.2, 0.25) is 0 Å². The maximum absolute atomic E-state index is 10.6. The Balaban J connectivity index is 2.16. The second-order valence-electron chi connectivity index (χ2n) is 4.68. The third kappa shape index (κ3) is 1.34. The molecule has 1 aliphatic heterocycles. The van der Waals surface area contributed by atoms with Crippen LogP contribution in [0.3, 0.4) is 0 Å². The highest BCUT2D eigenvalue weighted by Crippen LogP contribution is 2.52. The molecule has 2 fully saturated rings. The van der Waals surface area contributed by atoms with E-state index in [0.29, 0.717) is 0 Å². The lowest BCUT2D eigenvalue weighted by molar-refractivity contribution is -0.101. The second-order valence-corrected chi connectivity index (χ2v) is 4.68. The molecule has 2 aliphatic rings. The van der Waals surface area contributed by atoms with Crippen molar-refractivity contribution in [3.8, 4) is 6.07 Å². The van der Waals surface area contributed by atoms with Gasteiger partial charge >= 0.3 is 0 Å². The van der Waals surface area contributed by atoms with Gasteiger partial charge in [-0.15, -0.1) is 0 Å². The zero-order chi connectivity index (χ0) is 10.1. The van der Waals surface area contributed by atoms with Crippen LogP contribution >= 0.6 is 0 Å². The molecule has 1 heterocycles. The number of hydrogen-bond donors (Lipinski definition) is 2. The van der Waals surface area contributed by atoms with E-state index in [1.54, 1.807) is 0 Å². The van der Waals surface area contributed by atoms with Gasteiger partial charge in [-0.2, -0.15) is 5.26 Å². The molecule has 0 bridgehead atoms. The van der Waals surface area contributed by atoms with E-state index >= 15 is 0 Å². The lowest BCUT2D eigenvalue weighted by Crippen LogP contribution is -2.52. The molecule has 1 saturated heterocycles. The van der Waals surface area contributed by atoms with Gasteiger partial charge in [0.1, 0.15) is 0 Å². The topological polar surface area (TPSA) is 56.0 Å². The Morgan fingerprint density at radius 2 is 1.86 bits per heavy atom. The molecular weight excluding hydrogens is 176 g/mol. The van der Waals surface area contributed by atoms with Crippen LogP contribution < -0.4 is 5.32 Å². The van der Waals surface area contributed by atoms with Gasteiger partial charge in [0.15, 0.2) is 0 Å². The maximum atomic E-state index is 10.6. The zero-order valence-corrected chi connectivity index (χ0v) is 8.55. The number of nitrogens with one attached hydrogen (secondary N) is 1. The van der Waals surface area contributed by atoms with E-state index in [4.69, 9.17) is 0 Å². The number of aliphatic hydroxyl groups is 1. The number of rotatable bonds is 1. The molecule has 0 aromatic heterocycles. The van der Waals surface area contributed by atoms with Crippen molar-refractivity contribution in [2.45, 2.75) is 44.1 Å². The summed E-state index contributed by atoms with van der Waals surface area (Å²) in [6, 6.07) is 2.38. The molecule has 0 aromatic rings. The van der Waals surface area contributed by atoms with E-state index in [1.165, 1.54) is 0 Å². The molecule has 1 aliphatic carbocycles. The van der Waals surface area contributed by atoms with Crippen molar-refractivity contribution in [2.75, 3.05) is 13.1 Å². The van der Waals surface area contributed by atoms with Crippen molar-refractivity contribution >= 4 is 0 Å². The molecule has 2 N–H and O–H groups in total. The summed E-state index contributed by atoms with van der Waals surface area (Å²) in [5.74, 6) is 0. The van der Waals surface area contributed by atoms with Crippen LogP contribution in [0, 0.1) is 16.7 Å². The minimum Gasteiger partial charge on any atom is -0.388 e. The first-order valence-electron chi connectivity index (χ1n) is 5.57. The molecule has 78 valence electrons. The van der Waals surface area contributed by atoms with Crippen LogP contribution in [0.25, 0.3) is 0 Å². The van der Waals surface area contributed by atoms with Crippen LogP contribution in [0.1, 0.15) is 38.5 Å². The molecule has 0 amide bonds. The fourth-order valence-electron chi connectivity index (χ4n) is 2.74. The van der Waals surface area contributed by atoms with Crippen LogP contribution in [-0.4, -0.2) is 23.8 Å². The van der Waals surface area contributed by atoms with Crippen LogP contribution in [0.5, 0.6) is 0 Å². The lowest BCUT2D eigenvalue weighted by Gasteiger charge is -2.48. The minimum atomic E-state index is -0.719. The van der Waals surface area contributed by atoms with Gasteiger partial charge < -0.3 is 10.4 Å². The van der Waals surface area contributed by atoms with E-state index in [-0.39, 0.29) is 0 Å². The van der Waals surface area contributed by atoms with Crippen LogP contribution in [-0.2, 0) is 0 Å². The smallest absolute Gasteiger partial charge is 0.0860 e. The largest absolute Gasteiger partial charge is 0.388 e. The summed E-state index contributed by atoms with van der Waals surface area (Å²) >= 11 is 0. The van der Waals surface area contributed by atoms with Gasteiger partial charge in [-0.3, -0.25) is 0 Å². The molecule has 0 spiro atoms. The lowest BCUT2D eigenvalue weighted by atomic mass is 9.57. The summed E-state index contributed by atoms with van der Waals surface area (Å²) in [6.07, 6.45) is 5.39. The van der Waals surface area contributed by atoms with Gasteiger partial charge in [0, 0.05) is 0 Å². The van der Waals surface area contributed by atoms with Gasteiger partial charge in [0.05, 0.1) is 17.1 Å². The first-order valence-corrected chi connectivity index (χ1v) is 5.57. The van der Waals surface area contributed by atoms with Gasteiger partial charge in [0.25, 0.3) is 0 Å². The SMILES string of the molecule is N#CC1(C2(O)CCCNCC2)CCC1. The van der Waals surface area contributed by atoms with Crippen LogP contribution in [0.4, 0.5) is 0 Å². The van der Waals surface area contributed by atoms with Crippen molar-refractivity contribution in [1.82, 2.24) is 5.32 Å². The molecule has 1 unspecified atom stereocenters. The van der Waals surface area contributed by atoms with Crippen molar-refractivity contribution in [1.29, 1.82) is 5.26 Å². The standard InChI is InChI=1S/C11H18N2O/c12-9-10(3-1-4-10)11(14)5-2-7-13-8-6-11/h13-14H,1-8H2. The third-order valence-electron chi connectivity index (χ3n) is 3.97. The Hall–Kier alpha value is -0.590. The molecule has 1 atom stereocenters. The Bertz CT molecular complexity index is 245. The summed E-state index contributed by atoms with van der Waals surface area (Å²) in [5.41, 5.74) is -1.14. The van der Waals surface area contributed by atoms with Crippen molar-refractivity contribution in [3.05, 3.63) is 0 Å². The van der Waals surface area contributed by atoms with Crippen molar-refractivity contribution in [2.24, 2.45) is 5.41 Å².